The Morgan fingerprint density at radius 2 is 1.89 bits per heavy atom. The Labute approximate surface area is 115 Å². The van der Waals surface area contributed by atoms with Gasteiger partial charge in [0.1, 0.15) is 0 Å². The van der Waals surface area contributed by atoms with E-state index >= 15 is 0 Å². The Morgan fingerprint density at radius 1 is 1.32 bits per heavy atom. The number of nitrogens with one attached hydrogen (secondary N) is 1. The van der Waals surface area contributed by atoms with Crippen LogP contribution in [-0.4, -0.2) is 17.3 Å². The van der Waals surface area contributed by atoms with Crippen molar-refractivity contribution in [3.63, 3.8) is 0 Å². The van der Waals surface area contributed by atoms with Crippen LogP contribution in [0.5, 0.6) is 0 Å². The summed E-state index contributed by atoms with van der Waals surface area (Å²) in [6.07, 6.45) is -4.49. The van der Waals surface area contributed by atoms with Crippen LogP contribution in [0.15, 0.2) is 18.2 Å². The number of alkyl halides is 3. The lowest BCUT2D eigenvalue weighted by atomic mass is 9.92. The van der Waals surface area contributed by atoms with Gasteiger partial charge in [0.25, 0.3) is 0 Å². The van der Waals surface area contributed by atoms with Crippen molar-refractivity contribution >= 4 is 17.3 Å². The number of aliphatic hydroxyl groups is 1. The van der Waals surface area contributed by atoms with Gasteiger partial charge in [-0.2, -0.15) is 13.2 Å². The van der Waals surface area contributed by atoms with E-state index in [1.807, 2.05) is 13.8 Å². The molecule has 0 heterocycles. The SMILES string of the molecule is CC(C)C(C)(O)CNc1ccc(Cl)c(C(F)(F)F)c1. The van der Waals surface area contributed by atoms with Crippen LogP contribution in [0, 0.1) is 5.92 Å². The fraction of sp³-hybridized carbons (Fsp3) is 0.538. The van der Waals surface area contributed by atoms with Gasteiger partial charge in [-0.1, -0.05) is 25.4 Å². The van der Waals surface area contributed by atoms with Crippen LogP contribution in [0.2, 0.25) is 5.02 Å². The van der Waals surface area contributed by atoms with Crippen LogP contribution in [0.4, 0.5) is 18.9 Å². The van der Waals surface area contributed by atoms with E-state index in [1.54, 1.807) is 6.92 Å². The van der Waals surface area contributed by atoms with Crippen LogP contribution in [0.25, 0.3) is 0 Å². The summed E-state index contributed by atoms with van der Waals surface area (Å²) in [4.78, 5) is 0. The number of rotatable bonds is 4. The van der Waals surface area contributed by atoms with Crippen molar-refractivity contribution in [3.05, 3.63) is 28.8 Å². The molecule has 1 atom stereocenters. The highest BCUT2D eigenvalue weighted by atomic mass is 35.5. The molecule has 19 heavy (non-hydrogen) atoms. The third-order valence-electron chi connectivity index (χ3n) is 3.17. The van der Waals surface area contributed by atoms with E-state index in [1.165, 1.54) is 12.1 Å². The van der Waals surface area contributed by atoms with Crippen LogP contribution in [-0.2, 0) is 6.18 Å². The second kappa shape index (κ2) is 5.59. The molecule has 2 nitrogen and oxygen atoms in total. The molecule has 0 bridgehead atoms. The van der Waals surface area contributed by atoms with Gasteiger partial charge in [0.2, 0.25) is 0 Å². The Hall–Kier alpha value is -0.940. The Bertz CT molecular complexity index is 444. The maximum atomic E-state index is 12.7. The fourth-order valence-corrected chi connectivity index (χ4v) is 1.56. The van der Waals surface area contributed by atoms with Gasteiger partial charge in [0.05, 0.1) is 16.2 Å². The number of halogens is 4. The highest BCUT2D eigenvalue weighted by molar-refractivity contribution is 6.31. The second-order valence-electron chi connectivity index (χ2n) is 5.06. The normalized spacial score (nSPS) is 15.4. The summed E-state index contributed by atoms with van der Waals surface area (Å²) in [7, 11) is 0. The molecular formula is C13H17ClF3NO. The summed E-state index contributed by atoms with van der Waals surface area (Å²) in [6.45, 7) is 5.46. The summed E-state index contributed by atoms with van der Waals surface area (Å²) in [6, 6.07) is 3.59. The smallest absolute Gasteiger partial charge is 0.388 e. The first-order valence-electron chi connectivity index (χ1n) is 5.87. The average Bonchev–Trinajstić information content (AvgIpc) is 2.26. The molecule has 0 radical (unpaired) electrons. The minimum absolute atomic E-state index is 0.0191. The molecule has 0 saturated heterocycles. The largest absolute Gasteiger partial charge is 0.417 e. The zero-order valence-electron chi connectivity index (χ0n) is 11.0. The van der Waals surface area contributed by atoms with Crippen molar-refractivity contribution in [1.82, 2.24) is 0 Å². The highest BCUT2D eigenvalue weighted by Crippen LogP contribution is 2.36. The van der Waals surface area contributed by atoms with Crippen molar-refractivity contribution in [2.45, 2.75) is 32.5 Å². The van der Waals surface area contributed by atoms with E-state index in [2.05, 4.69) is 5.32 Å². The molecule has 2 N–H and O–H groups in total. The van der Waals surface area contributed by atoms with Gasteiger partial charge in [0, 0.05) is 12.2 Å². The van der Waals surface area contributed by atoms with Gasteiger partial charge < -0.3 is 10.4 Å². The fourth-order valence-electron chi connectivity index (χ4n) is 1.34. The molecule has 0 amide bonds. The minimum Gasteiger partial charge on any atom is -0.388 e. The van der Waals surface area contributed by atoms with Crippen LogP contribution in [0.3, 0.4) is 0 Å². The van der Waals surface area contributed by atoms with E-state index < -0.39 is 17.3 Å². The van der Waals surface area contributed by atoms with Gasteiger partial charge in [0.15, 0.2) is 0 Å². The van der Waals surface area contributed by atoms with Gasteiger partial charge in [-0.05, 0) is 31.0 Å². The van der Waals surface area contributed by atoms with Gasteiger partial charge in [-0.25, -0.2) is 0 Å². The zero-order valence-corrected chi connectivity index (χ0v) is 11.7. The van der Waals surface area contributed by atoms with E-state index in [-0.39, 0.29) is 23.2 Å². The Morgan fingerprint density at radius 3 is 2.37 bits per heavy atom. The molecule has 1 rings (SSSR count). The van der Waals surface area contributed by atoms with E-state index in [0.717, 1.165) is 6.07 Å². The monoisotopic (exact) mass is 295 g/mol. The summed E-state index contributed by atoms with van der Waals surface area (Å²) in [5.74, 6) is -0.0191. The van der Waals surface area contributed by atoms with Gasteiger partial charge in [-0.15, -0.1) is 0 Å². The molecule has 0 spiro atoms. The molecule has 0 aromatic heterocycles. The molecule has 1 aromatic rings. The molecule has 0 fully saturated rings. The minimum atomic E-state index is -4.49. The lowest BCUT2D eigenvalue weighted by molar-refractivity contribution is -0.137. The summed E-state index contributed by atoms with van der Waals surface area (Å²) in [5, 5.41) is 12.5. The van der Waals surface area contributed by atoms with E-state index in [0.29, 0.717) is 0 Å². The lowest BCUT2D eigenvalue weighted by Gasteiger charge is -2.28. The molecular weight excluding hydrogens is 279 g/mol. The van der Waals surface area contributed by atoms with Crippen molar-refractivity contribution < 1.29 is 18.3 Å². The van der Waals surface area contributed by atoms with Crippen LogP contribution in [0.1, 0.15) is 26.3 Å². The third-order valence-corrected chi connectivity index (χ3v) is 3.50. The number of anilines is 1. The summed E-state index contributed by atoms with van der Waals surface area (Å²) >= 11 is 5.52. The highest BCUT2D eigenvalue weighted by Gasteiger charge is 2.33. The molecule has 1 aromatic carbocycles. The third kappa shape index (κ3) is 4.28. The summed E-state index contributed by atoms with van der Waals surface area (Å²) < 4.78 is 38.0. The maximum absolute atomic E-state index is 12.7. The van der Waals surface area contributed by atoms with Crippen molar-refractivity contribution in [2.75, 3.05) is 11.9 Å². The predicted molar refractivity (Wildman–Crippen MR) is 70.4 cm³/mol. The Balaban J connectivity index is 2.87. The van der Waals surface area contributed by atoms with Crippen molar-refractivity contribution in [2.24, 2.45) is 5.92 Å². The maximum Gasteiger partial charge on any atom is 0.417 e. The number of hydrogen-bond donors (Lipinski definition) is 2. The number of benzene rings is 1. The van der Waals surface area contributed by atoms with Crippen molar-refractivity contribution in [1.29, 1.82) is 0 Å². The Kier molecular flexibility index (Phi) is 4.74. The topological polar surface area (TPSA) is 32.3 Å². The first-order chi connectivity index (χ1) is 8.54. The molecule has 1 unspecified atom stereocenters. The standard InChI is InChI=1S/C13H17ClF3NO/c1-8(2)12(3,19)7-18-9-4-5-11(14)10(6-9)13(15,16)17/h4-6,8,18-19H,7H2,1-3H3. The second-order valence-corrected chi connectivity index (χ2v) is 5.47. The van der Waals surface area contributed by atoms with E-state index in [9.17, 15) is 18.3 Å². The predicted octanol–water partition coefficient (Wildman–Crippen LogP) is 4.18. The average molecular weight is 296 g/mol. The number of hydrogen-bond acceptors (Lipinski definition) is 2. The lowest BCUT2D eigenvalue weighted by Crippen LogP contribution is -2.38. The van der Waals surface area contributed by atoms with Crippen LogP contribution >= 0.6 is 11.6 Å². The van der Waals surface area contributed by atoms with E-state index in [4.69, 9.17) is 11.6 Å². The van der Waals surface area contributed by atoms with Crippen LogP contribution < -0.4 is 5.32 Å². The first kappa shape index (κ1) is 16.1. The van der Waals surface area contributed by atoms with Gasteiger partial charge in [-0.3, -0.25) is 0 Å². The molecule has 108 valence electrons. The first-order valence-corrected chi connectivity index (χ1v) is 6.25. The zero-order chi connectivity index (χ0) is 14.8. The summed E-state index contributed by atoms with van der Waals surface area (Å²) in [5.41, 5.74) is -1.61. The quantitative estimate of drug-likeness (QED) is 0.873. The molecule has 0 aliphatic heterocycles. The molecule has 0 saturated carbocycles. The molecule has 0 aliphatic rings. The molecule has 6 heteroatoms. The van der Waals surface area contributed by atoms with Gasteiger partial charge >= 0.3 is 6.18 Å². The molecule has 0 aliphatic carbocycles. The van der Waals surface area contributed by atoms with Crippen molar-refractivity contribution in [3.8, 4) is 0 Å².